The Labute approximate surface area is 169 Å². The highest BCUT2D eigenvalue weighted by Gasteiger charge is 2.26. The summed E-state index contributed by atoms with van der Waals surface area (Å²) in [5.74, 6) is -0.182. The van der Waals surface area contributed by atoms with Crippen LogP contribution >= 0.6 is 0 Å². The summed E-state index contributed by atoms with van der Waals surface area (Å²) in [7, 11) is 0. The first-order chi connectivity index (χ1) is 14.2. The molecule has 1 atom stereocenters. The highest BCUT2D eigenvalue weighted by molar-refractivity contribution is 5.99. The number of benzene rings is 3. The van der Waals surface area contributed by atoms with Crippen LogP contribution in [0.25, 0.3) is 10.9 Å². The smallest absolute Gasteiger partial charge is 0.271 e. The van der Waals surface area contributed by atoms with Gasteiger partial charge in [-0.1, -0.05) is 78.9 Å². The van der Waals surface area contributed by atoms with Crippen molar-refractivity contribution in [2.24, 2.45) is 0 Å². The molecule has 0 spiro atoms. The number of amides is 1. The Hall–Kier alpha value is -3.66. The molecular formula is C25H22N2O2. The molecule has 0 radical (unpaired) electrons. The van der Waals surface area contributed by atoms with Crippen LogP contribution in [0, 0.1) is 0 Å². The normalized spacial score (nSPS) is 11.9. The summed E-state index contributed by atoms with van der Waals surface area (Å²) in [6.07, 6.45) is 1.35. The van der Waals surface area contributed by atoms with Crippen LogP contribution < -0.4 is 0 Å². The molecule has 0 unspecified atom stereocenters. The van der Waals surface area contributed by atoms with Gasteiger partial charge in [-0.2, -0.15) is 0 Å². The van der Waals surface area contributed by atoms with Crippen molar-refractivity contribution in [3.05, 3.63) is 108 Å². The standard InChI is InChI=1S/C25H22N2O2/c28-18-22(15-19-9-3-1-4-10-19)27(17-20-11-5-2-6-12-20)25(29)24-16-21-13-7-8-14-23(21)26-24/h1-14,16,18,22,26H,15,17H2/t22-/m0/s1. The van der Waals surface area contributed by atoms with E-state index < -0.39 is 6.04 Å². The minimum atomic E-state index is -0.559. The summed E-state index contributed by atoms with van der Waals surface area (Å²) >= 11 is 0. The number of para-hydroxylation sites is 1. The molecule has 1 aromatic heterocycles. The number of nitrogens with one attached hydrogen (secondary N) is 1. The number of carbonyl (C=O) groups is 2. The number of rotatable bonds is 7. The van der Waals surface area contributed by atoms with Crippen LogP contribution in [-0.4, -0.2) is 28.1 Å². The molecule has 4 nitrogen and oxygen atoms in total. The van der Waals surface area contributed by atoms with Crippen molar-refractivity contribution in [1.29, 1.82) is 0 Å². The van der Waals surface area contributed by atoms with Crippen molar-refractivity contribution >= 4 is 23.1 Å². The second-order valence-corrected chi connectivity index (χ2v) is 7.08. The molecule has 1 amide bonds. The molecule has 4 aromatic rings. The molecule has 1 heterocycles. The predicted molar refractivity (Wildman–Crippen MR) is 115 cm³/mol. The lowest BCUT2D eigenvalue weighted by atomic mass is 10.0. The first-order valence-corrected chi connectivity index (χ1v) is 9.66. The minimum absolute atomic E-state index is 0.182. The molecule has 4 rings (SSSR count). The van der Waals surface area contributed by atoms with Crippen molar-refractivity contribution in [2.75, 3.05) is 0 Å². The molecule has 0 saturated heterocycles. The number of aldehydes is 1. The number of H-pyrrole nitrogens is 1. The fourth-order valence-corrected chi connectivity index (χ4v) is 3.55. The lowest BCUT2D eigenvalue weighted by Crippen LogP contribution is -2.42. The van der Waals surface area contributed by atoms with Crippen LogP contribution in [0.5, 0.6) is 0 Å². The maximum absolute atomic E-state index is 13.4. The second kappa shape index (κ2) is 8.57. The maximum atomic E-state index is 13.4. The zero-order valence-corrected chi connectivity index (χ0v) is 16.0. The molecule has 144 valence electrons. The predicted octanol–water partition coefficient (Wildman–Crippen LogP) is 4.62. The molecule has 4 heteroatoms. The Balaban J connectivity index is 1.68. The number of hydrogen-bond acceptors (Lipinski definition) is 2. The SMILES string of the molecule is O=C[C@H](Cc1ccccc1)N(Cc1ccccc1)C(=O)c1cc2ccccc2[nH]1. The van der Waals surface area contributed by atoms with Crippen molar-refractivity contribution in [2.45, 2.75) is 19.0 Å². The van der Waals surface area contributed by atoms with Gasteiger partial charge in [0.25, 0.3) is 5.91 Å². The lowest BCUT2D eigenvalue weighted by Gasteiger charge is -2.28. The Morgan fingerprint density at radius 2 is 1.48 bits per heavy atom. The van der Waals surface area contributed by atoms with Crippen molar-refractivity contribution in [1.82, 2.24) is 9.88 Å². The summed E-state index contributed by atoms with van der Waals surface area (Å²) in [6, 6.07) is 28.6. The fraction of sp³-hybridized carbons (Fsp3) is 0.120. The summed E-state index contributed by atoms with van der Waals surface area (Å²) in [5.41, 5.74) is 3.40. The van der Waals surface area contributed by atoms with E-state index in [1.807, 2.05) is 91.0 Å². The number of hydrogen-bond donors (Lipinski definition) is 1. The van der Waals surface area contributed by atoms with Crippen LogP contribution in [0.15, 0.2) is 91.0 Å². The van der Waals surface area contributed by atoms with Crippen LogP contribution in [-0.2, 0) is 17.8 Å². The Kier molecular flexibility index (Phi) is 5.52. The molecule has 0 aliphatic carbocycles. The van der Waals surface area contributed by atoms with Gasteiger partial charge in [0.05, 0.1) is 6.04 Å². The Bertz CT molecular complexity index is 1070. The number of carbonyl (C=O) groups excluding carboxylic acids is 2. The van der Waals surface area contributed by atoms with Gasteiger partial charge in [0.15, 0.2) is 0 Å². The minimum Gasteiger partial charge on any atom is -0.351 e. The van der Waals surface area contributed by atoms with Crippen molar-refractivity contribution in [3.8, 4) is 0 Å². The molecule has 0 fully saturated rings. The topological polar surface area (TPSA) is 53.2 Å². The summed E-state index contributed by atoms with van der Waals surface area (Å²) in [6.45, 7) is 0.366. The van der Waals surface area contributed by atoms with Gasteiger partial charge in [0.1, 0.15) is 12.0 Å². The van der Waals surface area contributed by atoms with Gasteiger partial charge in [0, 0.05) is 17.4 Å². The van der Waals surface area contributed by atoms with Gasteiger partial charge in [-0.3, -0.25) is 4.79 Å². The highest BCUT2D eigenvalue weighted by atomic mass is 16.2. The number of nitrogens with zero attached hydrogens (tertiary/aromatic N) is 1. The van der Waals surface area contributed by atoms with Gasteiger partial charge in [0.2, 0.25) is 0 Å². The third-order valence-electron chi connectivity index (χ3n) is 5.06. The third kappa shape index (κ3) is 4.27. The zero-order valence-electron chi connectivity index (χ0n) is 16.0. The third-order valence-corrected chi connectivity index (χ3v) is 5.06. The van der Waals surface area contributed by atoms with Crippen LogP contribution in [0.2, 0.25) is 0 Å². The van der Waals surface area contributed by atoms with E-state index in [4.69, 9.17) is 0 Å². The molecular weight excluding hydrogens is 360 g/mol. The lowest BCUT2D eigenvalue weighted by molar-refractivity contribution is -0.111. The van der Waals surface area contributed by atoms with E-state index in [1.165, 1.54) is 0 Å². The van der Waals surface area contributed by atoms with Crippen LogP contribution in [0.4, 0.5) is 0 Å². The van der Waals surface area contributed by atoms with E-state index in [0.717, 1.165) is 28.3 Å². The second-order valence-electron chi connectivity index (χ2n) is 7.08. The van der Waals surface area contributed by atoms with Gasteiger partial charge >= 0.3 is 0 Å². The van der Waals surface area contributed by atoms with Gasteiger partial charge in [-0.05, 0) is 29.7 Å². The summed E-state index contributed by atoms with van der Waals surface area (Å²) in [5, 5.41) is 0.973. The van der Waals surface area contributed by atoms with E-state index in [1.54, 1.807) is 4.90 Å². The van der Waals surface area contributed by atoms with Crippen LogP contribution in [0.3, 0.4) is 0 Å². The molecule has 0 aliphatic rings. The average molecular weight is 382 g/mol. The summed E-state index contributed by atoms with van der Waals surface area (Å²) < 4.78 is 0. The Morgan fingerprint density at radius 1 is 0.862 bits per heavy atom. The van der Waals surface area contributed by atoms with Crippen molar-refractivity contribution < 1.29 is 9.59 Å². The maximum Gasteiger partial charge on any atom is 0.271 e. The van der Waals surface area contributed by atoms with Gasteiger partial charge in [-0.25, -0.2) is 0 Å². The number of fused-ring (bicyclic) bond motifs is 1. The van der Waals surface area contributed by atoms with Crippen molar-refractivity contribution in [3.63, 3.8) is 0 Å². The molecule has 0 bridgehead atoms. The van der Waals surface area contributed by atoms with Gasteiger partial charge < -0.3 is 14.7 Å². The molecule has 0 saturated carbocycles. The highest BCUT2D eigenvalue weighted by Crippen LogP contribution is 2.20. The molecule has 3 aromatic carbocycles. The number of aromatic nitrogens is 1. The Morgan fingerprint density at radius 3 is 2.14 bits per heavy atom. The molecule has 29 heavy (non-hydrogen) atoms. The fourth-order valence-electron chi connectivity index (χ4n) is 3.55. The monoisotopic (exact) mass is 382 g/mol. The van der Waals surface area contributed by atoms with Gasteiger partial charge in [-0.15, -0.1) is 0 Å². The molecule has 0 aliphatic heterocycles. The number of aromatic amines is 1. The first kappa shape index (κ1) is 18.7. The zero-order chi connectivity index (χ0) is 20.1. The molecule has 1 N–H and O–H groups in total. The average Bonchev–Trinajstić information content (AvgIpc) is 3.21. The largest absolute Gasteiger partial charge is 0.351 e. The van der Waals surface area contributed by atoms with E-state index in [2.05, 4.69) is 4.98 Å². The quantitative estimate of drug-likeness (QED) is 0.474. The van der Waals surface area contributed by atoms with Crippen LogP contribution in [0.1, 0.15) is 21.6 Å². The summed E-state index contributed by atoms with van der Waals surface area (Å²) in [4.78, 5) is 30.3. The van der Waals surface area contributed by atoms with E-state index in [-0.39, 0.29) is 5.91 Å². The van der Waals surface area contributed by atoms with E-state index >= 15 is 0 Å². The first-order valence-electron chi connectivity index (χ1n) is 9.66. The van der Waals surface area contributed by atoms with E-state index in [9.17, 15) is 9.59 Å². The van der Waals surface area contributed by atoms with E-state index in [0.29, 0.717) is 18.7 Å².